The van der Waals surface area contributed by atoms with Gasteiger partial charge in [0.2, 0.25) is 11.8 Å². The average Bonchev–Trinajstić information content (AvgIpc) is 3.08. The molecule has 3 heterocycles. The summed E-state index contributed by atoms with van der Waals surface area (Å²) in [6, 6.07) is 10.5. The summed E-state index contributed by atoms with van der Waals surface area (Å²) in [4.78, 5) is 29.8. The lowest BCUT2D eigenvalue weighted by molar-refractivity contribution is -0.137. The third kappa shape index (κ3) is 3.79. The van der Waals surface area contributed by atoms with Gasteiger partial charge in [-0.05, 0) is 42.8 Å². The lowest BCUT2D eigenvalue weighted by Crippen LogP contribution is -2.63. The number of fused-ring (bicyclic) bond motifs is 1. The molecule has 3 atom stereocenters. The van der Waals surface area contributed by atoms with Gasteiger partial charge in [0.25, 0.3) is 0 Å². The van der Waals surface area contributed by atoms with Gasteiger partial charge in [-0.1, -0.05) is 28.9 Å². The fourth-order valence-corrected chi connectivity index (χ4v) is 4.33. The molecule has 0 aliphatic carbocycles. The van der Waals surface area contributed by atoms with Gasteiger partial charge in [0.15, 0.2) is 0 Å². The molecular weight excluding hydrogens is 432 g/mol. The monoisotopic (exact) mass is 454 g/mol. The second-order valence-corrected chi connectivity index (χ2v) is 8.31. The summed E-state index contributed by atoms with van der Waals surface area (Å²) in [6.07, 6.45) is 4.15. The average molecular weight is 455 g/mol. The number of halogens is 1. The first-order valence-corrected chi connectivity index (χ1v) is 10.6. The van der Waals surface area contributed by atoms with Crippen LogP contribution in [0.2, 0.25) is 0 Å². The first-order valence-electron chi connectivity index (χ1n) is 9.77. The summed E-state index contributed by atoms with van der Waals surface area (Å²) < 4.78 is 3.15. The van der Waals surface area contributed by atoms with Crippen LogP contribution in [-0.4, -0.2) is 33.4 Å². The Morgan fingerprint density at radius 1 is 1.17 bits per heavy atom. The molecule has 3 aromatic rings. The molecule has 0 unspecified atom stereocenters. The summed E-state index contributed by atoms with van der Waals surface area (Å²) >= 11 is 3.54. The first-order chi connectivity index (χ1) is 14.0. The fourth-order valence-electron chi connectivity index (χ4n) is 3.97. The fraction of sp³-hybridized carbons (Fsp3) is 0.318. The van der Waals surface area contributed by atoms with Crippen molar-refractivity contribution in [1.29, 1.82) is 0 Å². The molecule has 2 aromatic heterocycles. The number of amides is 2. The van der Waals surface area contributed by atoms with Crippen molar-refractivity contribution in [3.63, 3.8) is 0 Å². The number of nitrogens with one attached hydrogen (secondary N) is 2. The highest BCUT2D eigenvalue weighted by Crippen LogP contribution is 2.32. The number of rotatable bonds is 5. The van der Waals surface area contributed by atoms with Gasteiger partial charge in [-0.3, -0.25) is 14.6 Å². The van der Waals surface area contributed by atoms with Crippen LogP contribution in [0.3, 0.4) is 0 Å². The lowest BCUT2D eigenvalue weighted by atomic mass is 9.90. The van der Waals surface area contributed by atoms with E-state index in [1.165, 1.54) is 0 Å². The Bertz CT molecular complexity index is 1060. The van der Waals surface area contributed by atoms with Crippen LogP contribution in [0.25, 0.3) is 10.9 Å². The standard InChI is InChI=1S/C22H23BrN4O2/c1-3-27-12-17(16-10-14(23)7-8-19(16)27)13(2)20-22(29)25-18(21(28)26-20)11-15-6-4-5-9-24-15/h4-10,12-13,18,20H,3,11H2,1-2H3,(H,25,29)(H,26,28)/t13-,18-,20-/m1/s1. The number of carbonyl (C=O) groups is 2. The van der Waals surface area contributed by atoms with Crippen LogP contribution in [0.5, 0.6) is 0 Å². The van der Waals surface area contributed by atoms with Crippen molar-refractivity contribution in [3.05, 3.63) is 64.5 Å². The van der Waals surface area contributed by atoms with Crippen molar-refractivity contribution in [1.82, 2.24) is 20.2 Å². The van der Waals surface area contributed by atoms with E-state index < -0.39 is 12.1 Å². The molecule has 7 heteroatoms. The molecule has 1 aliphatic rings. The second kappa shape index (κ2) is 7.99. The number of aryl methyl sites for hydroxylation is 1. The number of nitrogens with zero attached hydrogens (tertiary/aromatic N) is 2. The molecule has 6 nitrogen and oxygen atoms in total. The Morgan fingerprint density at radius 2 is 2.00 bits per heavy atom. The molecule has 0 bridgehead atoms. The third-order valence-electron chi connectivity index (χ3n) is 5.56. The number of piperazine rings is 1. The number of carbonyl (C=O) groups excluding carboxylic acids is 2. The number of benzene rings is 1. The Morgan fingerprint density at radius 3 is 2.72 bits per heavy atom. The van der Waals surface area contributed by atoms with Gasteiger partial charge in [-0.25, -0.2) is 0 Å². The SMILES string of the molecule is CCn1cc([C@@H](C)[C@H]2NC(=O)[C@@H](Cc3ccccn3)NC2=O)c2cc(Br)ccc21. The zero-order chi connectivity index (χ0) is 20.5. The van der Waals surface area contributed by atoms with Gasteiger partial charge in [-0.2, -0.15) is 0 Å². The van der Waals surface area contributed by atoms with Crippen LogP contribution in [0.1, 0.15) is 31.0 Å². The molecule has 1 aliphatic heterocycles. The van der Waals surface area contributed by atoms with Crippen LogP contribution < -0.4 is 10.6 Å². The minimum absolute atomic E-state index is 0.162. The number of hydrogen-bond donors (Lipinski definition) is 2. The molecule has 1 aromatic carbocycles. The summed E-state index contributed by atoms with van der Waals surface area (Å²) in [5, 5.41) is 6.92. The van der Waals surface area contributed by atoms with Crippen LogP contribution in [0.4, 0.5) is 0 Å². The maximum atomic E-state index is 12.9. The molecule has 0 radical (unpaired) electrons. The Balaban J connectivity index is 1.58. The van der Waals surface area contributed by atoms with E-state index in [2.05, 4.69) is 61.4 Å². The van der Waals surface area contributed by atoms with Crippen molar-refractivity contribution in [2.75, 3.05) is 0 Å². The minimum atomic E-state index is -0.614. The van der Waals surface area contributed by atoms with Gasteiger partial charge in [0, 0.05) is 52.3 Å². The maximum Gasteiger partial charge on any atom is 0.243 e. The van der Waals surface area contributed by atoms with Crippen molar-refractivity contribution >= 4 is 38.6 Å². The molecular formula is C22H23BrN4O2. The zero-order valence-corrected chi connectivity index (χ0v) is 17.9. The van der Waals surface area contributed by atoms with Gasteiger partial charge in [0.05, 0.1) is 0 Å². The molecule has 1 saturated heterocycles. The number of aromatic nitrogens is 2. The van der Waals surface area contributed by atoms with Crippen molar-refractivity contribution in [3.8, 4) is 0 Å². The first kappa shape index (κ1) is 19.6. The Kier molecular flexibility index (Phi) is 5.41. The van der Waals surface area contributed by atoms with E-state index >= 15 is 0 Å². The van der Waals surface area contributed by atoms with Gasteiger partial charge < -0.3 is 15.2 Å². The van der Waals surface area contributed by atoms with Crippen LogP contribution in [0, 0.1) is 0 Å². The van der Waals surface area contributed by atoms with E-state index in [1.807, 2.05) is 31.2 Å². The van der Waals surface area contributed by atoms with Gasteiger partial charge >= 0.3 is 0 Å². The predicted molar refractivity (Wildman–Crippen MR) is 116 cm³/mol. The smallest absolute Gasteiger partial charge is 0.243 e. The highest BCUT2D eigenvalue weighted by Gasteiger charge is 2.38. The molecule has 0 saturated carbocycles. The molecule has 1 fully saturated rings. The molecule has 150 valence electrons. The highest BCUT2D eigenvalue weighted by molar-refractivity contribution is 9.10. The van der Waals surface area contributed by atoms with E-state index in [1.54, 1.807) is 6.20 Å². The summed E-state index contributed by atoms with van der Waals surface area (Å²) in [5.74, 6) is -0.503. The molecule has 29 heavy (non-hydrogen) atoms. The lowest BCUT2D eigenvalue weighted by Gasteiger charge is -2.32. The third-order valence-corrected chi connectivity index (χ3v) is 6.05. The quantitative estimate of drug-likeness (QED) is 0.621. The van der Waals surface area contributed by atoms with Gasteiger partial charge in [0.1, 0.15) is 12.1 Å². The highest BCUT2D eigenvalue weighted by atomic mass is 79.9. The Labute approximate surface area is 177 Å². The van der Waals surface area contributed by atoms with Crippen LogP contribution in [-0.2, 0) is 22.6 Å². The predicted octanol–water partition coefficient (Wildman–Crippen LogP) is 3.15. The second-order valence-electron chi connectivity index (χ2n) is 7.39. The maximum absolute atomic E-state index is 12.9. The van der Waals surface area contributed by atoms with E-state index in [4.69, 9.17) is 0 Å². The van der Waals surface area contributed by atoms with E-state index in [0.29, 0.717) is 6.42 Å². The normalized spacial score (nSPS) is 20.4. The Hall–Kier alpha value is -2.67. The van der Waals surface area contributed by atoms with Crippen molar-refractivity contribution < 1.29 is 9.59 Å². The summed E-state index contributed by atoms with van der Waals surface area (Å²) in [6.45, 7) is 4.91. The van der Waals surface area contributed by atoms with E-state index in [0.717, 1.165) is 33.2 Å². The molecule has 0 spiro atoms. The minimum Gasteiger partial charge on any atom is -0.347 e. The molecule has 4 rings (SSSR count). The summed E-state index contributed by atoms with van der Waals surface area (Å²) in [7, 11) is 0. The van der Waals surface area contributed by atoms with Crippen molar-refractivity contribution in [2.24, 2.45) is 0 Å². The topological polar surface area (TPSA) is 76.0 Å². The van der Waals surface area contributed by atoms with Crippen LogP contribution in [0.15, 0.2) is 53.3 Å². The number of pyridine rings is 1. The number of hydrogen-bond acceptors (Lipinski definition) is 3. The van der Waals surface area contributed by atoms with E-state index in [-0.39, 0.29) is 17.7 Å². The zero-order valence-electron chi connectivity index (χ0n) is 16.4. The van der Waals surface area contributed by atoms with Crippen molar-refractivity contribution in [2.45, 2.75) is 44.8 Å². The molecule has 2 amide bonds. The largest absolute Gasteiger partial charge is 0.347 e. The van der Waals surface area contributed by atoms with Gasteiger partial charge in [-0.15, -0.1) is 0 Å². The molecule has 2 N–H and O–H groups in total. The van der Waals surface area contributed by atoms with E-state index in [9.17, 15) is 9.59 Å². The van der Waals surface area contributed by atoms with Crippen LogP contribution >= 0.6 is 15.9 Å². The summed E-state index contributed by atoms with van der Waals surface area (Å²) in [5.41, 5.74) is 2.94.